The Balaban J connectivity index is 1.87. The van der Waals surface area contributed by atoms with E-state index >= 15 is 0 Å². The summed E-state index contributed by atoms with van der Waals surface area (Å²) >= 11 is 0. The Morgan fingerprint density at radius 2 is 1.90 bits per heavy atom. The Morgan fingerprint density at radius 1 is 1.29 bits per heavy atom. The summed E-state index contributed by atoms with van der Waals surface area (Å²) in [5.41, 5.74) is 5.74. The van der Waals surface area contributed by atoms with Gasteiger partial charge in [-0.05, 0) is 37.1 Å². The summed E-state index contributed by atoms with van der Waals surface area (Å²) in [4.78, 5) is 4.14. The van der Waals surface area contributed by atoms with Crippen LogP contribution in [0, 0.1) is 5.82 Å². The van der Waals surface area contributed by atoms with Crippen LogP contribution in [0.15, 0.2) is 34.2 Å². The van der Waals surface area contributed by atoms with Gasteiger partial charge in [-0.1, -0.05) is 12.8 Å². The molecule has 116 valence electrons. The number of guanidine groups is 1. The van der Waals surface area contributed by atoms with E-state index in [4.69, 9.17) is 5.73 Å². The second-order valence-corrected chi connectivity index (χ2v) is 7.27. The van der Waals surface area contributed by atoms with Crippen LogP contribution in [0.3, 0.4) is 0 Å². The van der Waals surface area contributed by atoms with Gasteiger partial charge in [-0.15, -0.1) is 0 Å². The number of nitrogens with zero attached hydrogens (tertiary/aromatic N) is 1. The topological polar surface area (TPSA) is 84.5 Å². The molecule has 2 rings (SSSR count). The highest BCUT2D eigenvalue weighted by Crippen LogP contribution is 2.17. The lowest BCUT2D eigenvalue weighted by Crippen LogP contribution is -2.38. The molecule has 7 heteroatoms. The van der Waals surface area contributed by atoms with E-state index in [0.717, 1.165) is 25.0 Å². The molecule has 0 spiro atoms. The van der Waals surface area contributed by atoms with E-state index in [-0.39, 0.29) is 23.2 Å². The minimum atomic E-state index is -3.46. The van der Waals surface area contributed by atoms with Gasteiger partial charge in [0.2, 0.25) is 0 Å². The summed E-state index contributed by atoms with van der Waals surface area (Å²) in [5, 5.41) is 3.10. The summed E-state index contributed by atoms with van der Waals surface area (Å²) in [6.07, 6.45) is 4.52. The van der Waals surface area contributed by atoms with E-state index in [1.54, 1.807) is 0 Å². The molecule has 0 atom stereocenters. The van der Waals surface area contributed by atoms with Crippen molar-refractivity contribution in [2.45, 2.75) is 36.6 Å². The Bertz CT molecular complexity index is 593. The number of aliphatic imine (C=N–C) groups is 1. The standard InChI is InChI=1S/C14H20FN3O2S/c15-11-5-7-13(8-6-11)21(19,20)10-9-17-14(16)18-12-3-1-2-4-12/h5-8,12H,1-4,9-10H2,(H3,16,17,18). The number of hydrogen-bond donors (Lipinski definition) is 2. The van der Waals surface area contributed by atoms with E-state index in [1.165, 1.54) is 25.0 Å². The van der Waals surface area contributed by atoms with Crippen molar-refractivity contribution >= 4 is 15.8 Å². The first kappa shape index (κ1) is 15.8. The van der Waals surface area contributed by atoms with Crippen molar-refractivity contribution in [1.82, 2.24) is 5.32 Å². The van der Waals surface area contributed by atoms with Gasteiger partial charge in [0, 0.05) is 6.04 Å². The van der Waals surface area contributed by atoms with E-state index in [0.29, 0.717) is 6.04 Å². The number of sulfone groups is 1. The zero-order valence-corrected chi connectivity index (χ0v) is 12.6. The first-order valence-electron chi connectivity index (χ1n) is 7.02. The number of nitrogens with one attached hydrogen (secondary N) is 1. The second-order valence-electron chi connectivity index (χ2n) is 5.17. The maximum atomic E-state index is 12.8. The number of rotatable bonds is 5. The van der Waals surface area contributed by atoms with Crippen molar-refractivity contribution < 1.29 is 12.8 Å². The van der Waals surface area contributed by atoms with E-state index in [9.17, 15) is 12.8 Å². The number of benzene rings is 1. The minimum absolute atomic E-state index is 0.0886. The average Bonchev–Trinajstić information content (AvgIpc) is 2.91. The summed E-state index contributed by atoms with van der Waals surface area (Å²) < 4.78 is 36.8. The predicted molar refractivity (Wildman–Crippen MR) is 80.3 cm³/mol. The fourth-order valence-corrected chi connectivity index (χ4v) is 3.49. The van der Waals surface area contributed by atoms with Crippen LogP contribution in [0.25, 0.3) is 0 Å². The molecule has 3 N–H and O–H groups in total. The van der Waals surface area contributed by atoms with Crippen LogP contribution in [0.4, 0.5) is 4.39 Å². The molecule has 0 amide bonds. The molecular weight excluding hydrogens is 293 g/mol. The van der Waals surface area contributed by atoms with Gasteiger partial charge in [0.15, 0.2) is 15.8 Å². The van der Waals surface area contributed by atoms with Gasteiger partial charge in [-0.2, -0.15) is 0 Å². The van der Waals surface area contributed by atoms with Gasteiger partial charge in [-0.25, -0.2) is 12.8 Å². The number of nitrogens with two attached hydrogens (primary N) is 1. The van der Waals surface area contributed by atoms with Crippen LogP contribution in [-0.4, -0.2) is 32.7 Å². The average molecular weight is 313 g/mol. The molecule has 0 unspecified atom stereocenters. The van der Waals surface area contributed by atoms with Gasteiger partial charge in [0.1, 0.15) is 5.82 Å². The maximum Gasteiger partial charge on any atom is 0.188 e. The molecule has 21 heavy (non-hydrogen) atoms. The van der Waals surface area contributed by atoms with Crippen molar-refractivity contribution in [3.05, 3.63) is 30.1 Å². The molecule has 5 nitrogen and oxygen atoms in total. The third kappa shape index (κ3) is 4.70. The van der Waals surface area contributed by atoms with Crippen LogP contribution in [0.5, 0.6) is 0 Å². The third-order valence-electron chi connectivity index (χ3n) is 3.52. The molecular formula is C14H20FN3O2S. The van der Waals surface area contributed by atoms with Gasteiger partial charge in [-0.3, -0.25) is 4.99 Å². The van der Waals surface area contributed by atoms with Gasteiger partial charge < -0.3 is 11.1 Å². The van der Waals surface area contributed by atoms with Crippen LogP contribution in [-0.2, 0) is 9.84 Å². The summed E-state index contributed by atoms with van der Waals surface area (Å²) in [5.74, 6) is -0.320. The van der Waals surface area contributed by atoms with E-state index in [1.807, 2.05) is 0 Å². The normalized spacial score (nSPS) is 17.1. The van der Waals surface area contributed by atoms with Crippen molar-refractivity contribution in [2.75, 3.05) is 12.3 Å². The minimum Gasteiger partial charge on any atom is -0.370 e. The van der Waals surface area contributed by atoms with Crippen molar-refractivity contribution in [2.24, 2.45) is 10.7 Å². The van der Waals surface area contributed by atoms with Gasteiger partial charge >= 0.3 is 0 Å². The zero-order valence-electron chi connectivity index (χ0n) is 11.8. The molecule has 0 saturated heterocycles. The fourth-order valence-electron chi connectivity index (χ4n) is 2.37. The Labute approximate surface area is 124 Å². The Morgan fingerprint density at radius 3 is 2.52 bits per heavy atom. The highest BCUT2D eigenvalue weighted by molar-refractivity contribution is 7.91. The maximum absolute atomic E-state index is 12.8. The molecule has 0 heterocycles. The SMILES string of the molecule is NC(=NCCS(=O)(=O)c1ccc(F)cc1)NC1CCCC1. The third-order valence-corrected chi connectivity index (χ3v) is 5.23. The lowest BCUT2D eigenvalue weighted by atomic mass is 10.3. The van der Waals surface area contributed by atoms with Crippen molar-refractivity contribution in [3.8, 4) is 0 Å². The Hall–Kier alpha value is -1.63. The first-order chi connectivity index (χ1) is 9.97. The molecule has 1 fully saturated rings. The monoisotopic (exact) mass is 313 g/mol. The molecule has 0 aromatic heterocycles. The molecule has 0 radical (unpaired) electrons. The smallest absolute Gasteiger partial charge is 0.188 e. The number of halogens is 1. The van der Waals surface area contributed by atoms with Crippen LogP contribution in [0.1, 0.15) is 25.7 Å². The van der Waals surface area contributed by atoms with Crippen molar-refractivity contribution in [1.29, 1.82) is 0 Å². The summed E-state index contributed by atoms with van der Waals surface area (Å²) in [7, 11) is -3.46. The van der Waals surface area contributed by atoms with Crippen LogP contribution < -0.4 is 11.1 Å². The fraction of sp³-hybridized carbons (Fsp3) is 0.500. The lowest BCUT2D eigenvalue weighted by Gasteiger charge is -2.12. The quantitative estimate of drug-likeness (QED) is 0.489. The van der Waals surface area contributed by atoms with E-state index < -0.39 is 15.7 Å². The molecule has 1 saturated carbocycles. The van der Waals surface area contributed by atoms with Gasteiger partial charge in [0.25, 0.3) is 0 Å². The largest absolute Gasteiger partial charge is 0.370 e. The molecule has 0 aliphatic heterocycles. The van der Waals surface area contributed by atoms with E-state index in [2.05, 4.69) is 10.3 Å². The molecule has 1 aliphatic carbocycles. The summed E-state index contributed by atoms with van der Waals surface area (Å²) in [6, 6.07) is 5.13. The first-order valence-corrected chi connectivity index (χ1v) is 8.67. The van der Waals surface area contributed by atoms with Crippen LogP contribution >= 0.6 is 0 Å². The lowest BCUT2D eigenvalue weighted by molar-refractivity contribution is 0.594. The highest BCUT2D eigenvalue weighted by atomic mass is 32.2. The zero-order chi connectivity index (χ0) is 15.3. The van der Waals surface area contributed by atoms with Crippen LogP contribution in [0.2, 0.25) is 0 Å². The predicted octanol–water partition coefficient (Wildman–Crippen LogP) is 1.45. The molecule has 1 aromatic rings. The molecule has 1 aliphatic rings. The molecule has 1 aromatic carbocycles. The Kier molecular flexibility index (Phi) is 5.17. The summed E-state index contributed by atoms with van der Waals surface area (Å²) in [6.45, 7) is 0.0886. The highest BCUT2D eigenvalue weighted by Gasteiger charge is 2.16. The van der Waals surface area contributed by atoms with Crippen molar-refractivity contribution in [3.63, 3.8) is 0 Å². The number of hydrogen-bond acceptors (Lipinski definition) is 3. The molecule has 0 bridgehead atoms. The van der Waals surface area contributed by atoms with Gasteiger partial charge in [0.05, 0.1) is 17.2 Å². The second kappa shape index (κ2) is 6.89.